The average Bonchev–Trinajstić information content (AvgIpc) is 1.64. The summed E-state index contributed by atoms with van der Waals surface area (Å²) >= 11 is 0. The van der Waals surface area contributed by atoms with E-state index in [1.807, 2.05) is 0 Å². The molecule has 0 amide bonds. The van der Waals surface area contributed by atoms with E-state index in [4.69, 9.17) is 7.85 Å². The Kier molecular flexibility index (Phi) is 2.76. The van der Waals surface area contributed by atoms with Gasteiger partial charge in [-0.25, -0.2) is 0 Å². The van der Waals surface area contributed by atoms with Crippen molar-refractivity contribution in [3.63, 3.8) is 0 Å². The second kappa shape index (κ2) is 2.62. The van der Waals surface area contributed by atoms with Gasteiger partial charge in [0.1, 0.15) is 0 Å². The third-order valence-corrected chi connectivity index (χ3v) is 4.13. The minimum atomic E-state index is -0.0415. The highest BCUT2D eigenvalue weighted by Crippen LogP contribution is 2.46. The number of hydrogen-bond acceptors (Lipinski definition) is 0. The minimum Gasteiger partial charge on any atom is -0.120 e. The maximum atomic E-state index is 5.93. The lowest BCUT2D eigenvalue weighted by Gasteiger charge is -2.38. The Labute approximate surface area is 62.0 Å². The van der Waals surface area contributed by atoms with Crippen LogP contribution in [-0.4, -0.2) is 19.7 Å². The van der Waals surface area contributed by atoms with Crippen molar-refractivity contribution >= 4 is 16.4 Å². The van der Waals surface area contributed by atoms with Crippen molar-refractivity contribution in [2.24, 2.45) is 0 Å². The summed E-state index contributed by atoms with van der Waals surface area (Å²) in [6.45, 7) is 10.8. The Hall–Kier alpha value is 0.495. The van der Waals surface area contributed by atoms with Gasteiger partial charge in [0.2, 0.25) is 0 Å². The highest BCUT2D eigenvalue weighted by molar-refractivity contribution is 7.39. The van der Waals surface area contributed by atoms with Gasteiger partial charge in [0, 0.05) is 0 Å². The first-order chi connectivity index (χ1) is 3.81. The maximum Gasteiger partial charge on any atom is 0.0750 e. The summed E-state index contributed by atoms with van der Waals surface area (Å²) in [5.41, 5.74) is 0. The molecule has 0 aliphatic heterocycles. The van der Waals surface area contributed by atoms with Crippen LogP contribution in [0, 0.1) is 0 Å². The molecule has 0 bridgehead atoms. The van der Waals surface area contributed by atoms with Crippen molar-refractivity contribution in [2.75, 3.05) is 6.66 Å². The van der Waals surface area contributed by atoms with Gasteiger partial charge in [-0.3, -0.25) is 0 Å². The quantitative estimate of drug-likeness (QED) is 0.410. The molecule has 0 N–H and O–H groups in total. The molecule has 1 unspecified atom stereocenters. The molecule has 0 nitrogen and oxygen atoms in total. The van der Waals surface area contributed by atoms with Crippen LogP contribution in [0.3, 0.4) is 0 Å². The summed E-state index contributed by atoms with van der Waals surface area (Å²) in [4.78, 5) is 0. The van der Waals surface area contributed by atoms with E-state index in [0.29, 0.717) is 0 Å². The van der Waals surface area contributed by atoms with Gasteiger partial charge in [-0.2, -0.15) is 0 Å². The predicted octanol–water partition coefficient (Wildman–Crippen LogP) is 2.44. The zero-order chi connectivity index (χ0) is 7.71. The normalized spacial score (nSPS) is 15.2. The molecule has 0 aromatic carbocycles. The molecule has 0 aromatic heterocycles. The van der Waals surface area contributed by atoms with Gasteiger partial charge in [-0.05, 0) is 11.8 Å². The standard InChI is InChI=1S/C7H16BP/c1-6(2,8)7(3,4)9-5/h9H,1-5H3. The highest BCUT2D eigenvalue weighted by Gasteiger charge is 2.29. The predicted molar refractivity (Wildman–Crippen MR) is 48.1 cm³/mol. The Morgan fingerprint density at radius 2 is 1.44 bits per heavy atom. The van der Waals surface area contributed by atoms with E-state index in [0.717, 1.165) is 8.58 Å². The van der Waals surface area contributed by atoms with Gasteiger partial charge in [0.25, 0.3) is 0 Å². The Morgan fingerprint density at radius 1 is 1.11 bits per heavy atom. The molecule has 0 saturated heterocycles. The first-order valence-electron chi connectivity index (χ1n) is 3.29. The van der Waals surface area contributed by atoms with Gasteiger partial charge in [-0.1, -0.05) is 33.0 Å². The lowest BCUT2D eigenvalue weighted by atomic mass is 9.64. The Morgan fingerprint density at radius 3 is 1.44 bits per heavy atom. The molecule has 1 atom stereocenters. The van der Waals surface area contributed by atoms with Crippen LogP contribution < -0.4 is 0 Å². The van der Waals surface area contributed by atoms with Gasteiger partial charge in [0.15, 0.2) is 0 Å². The lowest BCUT2D eigenvalue weighted by Crippen LogP contribution is -2.28. The monoisotopic (exact) mass is 142 g/mol. The average molecular weight is 142 g/mol. The molecule has 9 heavy (non-hydrogen) atoms. The highest BCUT2D eigenvalue weighted by atomic mass is 31.1. The van der Waals surface area contributed by atoms with Crippen molar-refractivity contribution in [3.8, 4) is 0 Å². The zero-order valence-electron chi connectivity index (χ0n) is 7.08. The van der Waals surface area contributed by atoms with Crippen LogP contribution >= 0.6 is 8.58 Å². The van der Waals surface area contributed by atoms with Crippen LogP contribution in [0.1, 0.15) is 27.7 Å². The van der Waals surface area contributed by atoms with Crippen LogP contribution in [0.15, 0.2) is 0 Å². The SMILES string of the molecule is [B]C(C)(C)C(C)(C)PC. The van der Waals surface area contributed by atoms with Crippen LogP contribution in [0.2, 0.25) is 5.31 Å². The van der Waals surface area contributed by atoms with E-state index in [2.05, 4.69) is 34.4 Å². The summed E-state index contributed by atoms with van der Waals surface area (Å²) in [5.74, 6) is 0. The van der Waals surface area contributed by atoms with E-state index in [-0.39, 0.29) is 10.5 Å². The van der Waals surface area contributed by atoms with Crippen LogP contribution in [0.25, 0.3) is 0 Å². The molecule has 0 fully saturated rings. The van der Waals surface area contributed by atoms with E-state index in [1.54, 1.807) is 0 Å². The first-order valence-corrected chi connectivity index (χ1v) is 4.79. The Bertz CT molecular complexity index is 91.6. The van der Waals surface area contributed by atoms with Crippen LogP contribution in [-0.2, 0) is 0 Å². The molecular weight excluding hydrogens is 126 g/mol. The largest absolute Gasteiger partial charge is 0.120 e. The summed E-state index contributed by atoms with van der Waals surface area (Å²) in [6, 6.07) is 0. The fourth-order valence-electron chi connectivity index (χ4n) is 0.322. The second-order valence-corrected chi connectivity index (χ2v) is 5.35. The fourth-order valence-corrected chi connectivity index (χ4v) is 0.967. The van der Waals surface area contributed by atoms with Gasteiger partial charge >= 0.3 is 0 Å². The lowest BCUT2D eigenvalue weighted by molar-refractivity contribution is 0.523. The summed E-state index contributed by atoms with van der Waals surface area (Å²) in [7, 11) is 6.84. The Balaban J connectivity index is 4.14. The fraction of sp³-hybridized carbons (Fsp3) is 1.00. The van der Waals surface area contributed by atoms with Crippen molar-refractivity contribution in [1.29, 1.82) is 0 Å². The first kappa shape index (κ1) is 9.49. The van der Waals surface area contributed by atoms with Gasteiger partial charge in [-0.15, -0.1) is 8.58 Å². The zero-order valence-corrected chi connectivity index (χ0v) is 8.08. The van der Waals surface area contributed by atoms with Gasteiger partial charge < -0.3 is 0 Å². The van der Waals surface area contributed by atoms with Crippen molar-refractivity contribution in [3.05, 3.63) is 0 Å². The molecule has 0 aliphatic rings. The molecule has 0 rings (SSSR count). The molecule has 0 aromatic rings. The van der Waals surface area contributed by atoms with Gasteiger partial charge in [0.05, 0.1) is 7.85 Å². The van der Waals surface area contributed by atoms with Crippen molar-refractivity contribution in [1.82, 2.24) is 0 Å². The van der Waals surface area contributed by atoms with E-state index in [1.165, 1.54) is 0 Å². The van der Waals surface area contributed by atoms with E-state index in [9.17, 15) is 0 Å². The molecular formula is C7H16BP. The van der Waals surface area contributed by atoms with E-state index >= 15 is 0 Å². The number of rotatable bonds is 2. The molecule has 52 valence electrons. The smallest absolute Gasteiger partial charge is 0.0750 e. The minimum absolute atomic E-state index is 0.0415. The summed E-state index contributed by atoms with van der Waals surface area (Å²) in [6.07, 6.45) is 0. The van der Waals surface area contributed by atoms with Crippen molar-refractivity contribution in [2.45, 2.75) is 38.2 Å². The molecule has 0 saturated carbocycles. The molecule has 0 heterocycles. The van der Waals surface area contributed by atoms with Crippen LogP contribution in [0.4, 0.5) is 0 Å². The second-order valence-electron chi connectivity index (χ2n) is 3.60. The third kappa shape index (κ3) is 2.30. The maximum absolute atomic E-state index is 5.93. The molecule has 2 heteroatoms. The summed E-state index contributed by atoms with van der Waals surface area (Å²) < 4.78 is 0. The van der Waals surface area contributed by atoms with Crippen LogP contribution in [0.5, 0.6) is 0 Å². The van der Waals surface area contributed by atoms with Crippen molar-refractivity contribution < 1.29 is 0 Å². The summed E-state index contributed by atoms with van der Waals surface area (Å²) in [5, 5.41) is 0.243. The molecule has 2 radical (unpaired) electrons. The number of hydrogen-bond donors (Lipinski definition) is 0. The topological polar surface area (TPSA) is 0 Å². The third-order valence-electron chi connectivity index (χ3n) is 2.24. The molecule has 0 aliphatic carbocycles. The van der Waals surface area contributed by atoms with E-state index < -0.39 is 0 Å². The molecule has 0 spiro atoms.